The van der Waals surface area contributed by atoms with E-state index in [1.807, 2.05) is 30.4 Å². The second-order valence-electron chi connectivity index (χ2n) is 3.80. The molecule has 0 aromatic heterocycles. The zero-order valence-corrected chi connectivity index (χ0v) is 9.15. The summed E-state index contributed by atoms with van der Waals surface area (Å²) in [7, 11) is 0. The van der Waals surface area contributed by atoms with E-state index in [9.17, 15) is 4.39 Å². The van der Waals surface area contributed by atoms with Crippen molar-refractivity contribution in [3.63, 3.8) is 0 Å². The Morgan fingerprint density at radius 3 is 2.25 bits per heavy atom. The van der Waals surface area contributed by atoms with Crippen LogP contribution in [0.4, 0.5) is 4.39 Å². The lowest BCUT2D eigenvalue weighted by Gasteiger charge is -1.96. The molecule has 0 nitrogen and oxygen atoms in total. The Hall–Kier alpha value is -1.89. The quantitative estimate of drug-likeness (QED) is 0.651. The molecular weight excluding hydrogens is 199 g/mol. The van der Waals surface area contributed by atoms with Gasteiger partial charge in [0.25, 0.3) is 0 Å². The molecule has 16 heavy (non-hydrogen) atoms. The Balaban J connectivity index is 2.18. The lowest BCUT2D eigenvalue weighted by molar-refractivity contribution is 0.627. The third kappa shape index (κ3) is 2.80. The highest BCUT2D eigenvalue weighted by atomic mass is 19.1. The van der Waals surface area contributed by atoms with Gasteiger partial charge in [-0.2, -0.15) is 0 Å². The highest BCUT2D eigenvalue weighted by Gasteiger charge is 1.91. The molecule has 2 rings (SSSR count). The summed E-state index contributed by atoms with van der Waals surface area (Å²) < 4.78 is 12.9. The largest absolute Gasteiger partial charge is 0.207 e. The van der Waals surface area contributed by atoms with E-state index in [2.05, 4.69) is 19.1 Å². The van der Waals surface area contributed by atoms with Gasteiger partial charge in [-0.05, 0) is 30.2 Å². The molecule has 0 saturated carbocycles. The third-order valence-corrected chi connectivity index (χ3v) is 2.39. The van der Waals surface area contributed by atoms with Crippen LogP contribution in [0.15, 0.2) is 48.5 Å². The Morgan fingerprint density at radius 2 is 1.56 bits per heavy atom. The van der Waals surface area contributed by atoms with Crippen LogP contribution >= 0.6 is 0 Å². The molecule has 0 spiro atoms. The molecule has 1 heteroatoms. The van der Waals surface area contributed by atoms with Crippen LogP contribution in [0.1, 0.15) is 16.7 Å². The van der Waals surface area contributed by atoms with Gasteiger partial charge in [-0.3, -0.25) is 0 Å². The van der Waals surface area contributed by atoms with E-state index in [-0.39, 0.29) is 5.82 Å². The predicted molar refractivity (Wildman–Crippen MR) is 66.5 cm³/mol. The van der Waals surface area contributed by atoms with Crippen LogP contribution < -0.4 is 0 Å². The maximum absolute atomic E-state index is 12.9. The van der Waals surface area contributed by atoms with E-state index in [4.69, 9.17) is 0 Å². The van der Waals surface area contributed by atoms with E-state index in [0.717, 1.165) is 11.1 Å². The molecule has 2 aromatic rings. The summed E-state index contributed by atoms with van der Waals surface area (Å²) in [4.78, 5) is 0. The second kappa shape index (κ2) is 4.75. The number of rotatable bonds is 2. The molecule has 0 atom stereocenters. The molecule has 0 saturated heterocycles. The molecule has 0 aliphatic carbocycles. The smallest absolute Gasteiger partial charge is 0.123 e. The van der Waals surface area contributed by atoms with Crippen LogP contribution in [0.25, 0.3) is 12.2 Å². The summed E-state index contributed by atoms with van der Waals surface area (Å²) in [5, 5.41) is 0. The van der Waals surface area contributed by atoms with Gasteiger partial charge in [0.1, 0.15) is 5.82 Å². The number of hydrogen-bond donors (Lipinski definition) is 0. The van der Waals surface area contributed by atoms with Gasteiger partial charge in [-0.1, -0.05) is 54.1 Å². The van der Waals surface area contributed by atoms with Gasteiger partial charge in [0.2, 0.25) is 0 Å². The zero-order chi connectivity index (χ0) is 11.4. The molecule has 0 radical (unpaired) electrons. The summed E-state index contributed by atoms with van der Waals surface area (Å²) in [5.74, 6) is -0.203. The third-order valence-electron chi connectivity index (χ3n) is 2.39. The lowest BCUT2D eigenvalue weighted by atomic mass is 10.1. The van der Waals surface area contributed by atoms with Crippen molar-refractivity contribution >= 4 is 12.2 Å². The van der Waals surface area contributed by atoms with Gasteiger partial charge in [0, 0.05) is 0 Å². The van der Waals surface area contributed by atoms with E-state index in [1.54, 1.807) is 6.07 Å². The fourth-order valence-electron chi connectivity index (χ4n) is 1.48. The van der Waals surface area contributed by atoms with Crippen molar-refractivity contribution in [3.05, 3.63) is 71.0 Å². The van der Waals surface area contributed by atoms with Crippen LogP contribution in [0, 0.1) is 12.7 Å². The predicted octanol–water partition coefficient (Wildman–Crippen LogP) is 4.30. The van der Waals surface area contributed by atoms with E-state index in [1.165, 1.54) is 17.7 Å². The zero-order valence-electron chi connectivity index (χ0n) is 9.15. The molecule has 0 unspecified atom stereocenters. The van der Waals surface area contributed by atoms with Crippen molar-refractivity contribution in [3.8, 4) is 0 Å². The number of benzene rings is 2. The number of hydrogen-bond acceptors (Lipinski definition) is 0. The van der Waals surface area contributed by atoms with Gasteiger partial charge < -0.3 is 0 Å². The minimum Gasteiger partial charge on any atom is -0.207 e. The standard InChI is InChI=1S/C15H13F/c1-12-5-7-13(8-6-12)9-10-14-3-2-4-15(16)11-14/h2-11H,1H3/b10-9+. The molecule has 80 valence electrons. The summed E-state index contributed by atoms with van der Waals surface area (Å²) >= 11 is 0. The summed E-state index contributed by atoms with van der Waals surface area (Å²) in [6.45, 7) is 2.06. The molecule has 0 aliphatic rings. The summed E-state index contributed by atoms with van der Waals surface area (Å²) in [5.41, 5.74) is 3.23. The average molecular weight is 212 g/mol. The molecule has 0 N–H and O–H groups in total. The average Bonchev–Trinajstić information content (AvgIpc) is 2.28. The van der Waals surface area contributed by atoms with Crippen LogP contribution in [0.3, 0.4) is 0 Å². The number of aryl methyl sites for hydroxylation is 1. The van der Waals surface area contributed by atoms with Crippen LogP contribution in [-0.4, -0.2) is 0 Å². The first kappa shape index (κ1) is 10.6. The minimum absolute atomic E-state index is 0.203. The van der Waals surface area contributed by atoms with Crippen molar-refractivity contribution in [1.29, 1.82) is 0 Å². The van der Waals surface area contributed by atoms with Crippen LogP contribution in [-0.2, 0) is 0 Å². The molecular formula is C15H13F. The van der Waals surface area contributed by atoms with Crippen LogP contribution in [0.2, 0.25) is 0 Å². The Morgan fingerprint density at radius 1 is 0.875 bits per heavy atom. The molecule has 0 heterocycles. The Bertz CT molecular complexity index is 495. The fraction of sp³-hybridized carbons (Fsp3) is 0.0667. The van der Waals surface area contributed by atoms with Crippen molar-refractivity contribution < 1.29 is 4.39 Å². The molecule has 2 aromatic carbocycles. The van der Waals surface area contributed by atoms with Gasteiger partial charge in [0.15, 0.2) is 0 Å². The maximum Gasteiger partial charge on any atom is 0.123 e. The Labute approximate surface area is 95.1 Å². The summed E-state index contributed by atoms with van der Waals surface area (Å²) in [6.07, 6.45) is 3.89. The SMILES string of the molecule is Cc1ccc(/C=C/c2cccc(F)c2)cc1. The van der Waals surface area contributed by atoms with Crippen molar-refractivity contribution in [2.45, 2.75) is 6.92 Å². The molecule has 0 fully saturated rings. The van der Waals surface area contributed by atoms with Crippen molar-refractivity contribution in [2.24, 2.45) is 0 Å². The number of halogens is 1. The van der Waals surface area contributed by atoms with Crippen LogP contribution in [0.5, 0.6) is 0 Å². The Kier molecular flexibility index (Phi) is 3.16. The van der Waals surface area contributed by atoms with Gasteiger partial charge in [0.05, 0.1) is 0 Å². The lowest BCUT2D eigenvalue weighted by Crippen LogP contribution is -1.76. The van der Waals surface area contributed by atoms with Gasteiger partial charge in [-0.15, -0.1) is 0 Å². The van der Waals surface area contributed by atoms with Gasteiger partial charge >= 0.3 is 0 Å². The molecule has 0 bridgehead atoms. The first-order chi connectivity index (χ1) is 7.74. The minimum atomic E-state index is -0.203. The molecule has 0 amide bonds. The second-order valence-corrected chi connectivity index (χ2v) is 3.80. The first-order valence-corrected chi connectivity index (χ1v) is 5.24. The normalized spacial score (nSPS) is 10.9. The summed E-state index contributed by atoms with van der Waals surface area (Å²) in [6, 6.07) is 14.8. The highest BCUT2D eigenvalue weighted by Crippen LogP contribution is 2.10. The fourth-order valence-corrected chi connectivity index (χ4v) is 1.48. The maximum atomic E-state index is 12.9. The van der Waals surface area contributed by atoms with Gasteiger partial charge in [-0.25, -0.2) is 4.39 Å². The molecule has 0 aliphatic heterocycles. The highest BCUT2D eigenvalue weighted by molar-refractivity contribution is 5.69. The van der Waals surface area contributed by atoms with E-state index >= 15 is 0 Å². The monoisotopic (exact) mass is 212 g/mol. The van der Waals surface area contributed by atoms with Crippen molar-refractivity contribution in [1.82, 2.24) is 0 Å². The van der Waals surface area contributed by atoms with Crippen molar-refractivity contribution in [2.75, 3.05) is 0 Å². The first-order valence-electron chi connectivity index (χ1n) is 5.24. The van der Waals surface area contributed by atoms with E-state index in [0.29, 0.717) is 0 Å². The topological polar surface area (TPSA) is 0 Å². The van der Waals surface area contributed by atoms with E-state index < -0.39 is 0 Å².